The number of hydrogen-bond donors (Lipinski definition) is 1. The molecule has 0 radical (unpaired) electrons. The van der Waals surface area contributed by atoms with Crippen LogP contribution in [-0.4, -0.2) is 41.6 Å². The first-order valence-corrected chi connectivity index (χ1v) is 12.1. The summed E-state index contributed by atoms with van der Waals surface area (Å²) >= 11 is -1.37. The van der Waals surface area contributed by atoms with Crippen molar-refractivity contribution in [2.24, 2.45) is 5.41 Å². The second kappa shape index (κ2) is 9.75. The highest BCUT2D eigenvalue weighted by Gasteiger charge is 2.52. The maximum absolute atomic E-state index is 13.9. The van der Waals surface area contributed by atoms with Crippen LogP contribution >= 0.6 is 0 Å². The summed E-state index contributed by atoms with van der Waals surface area (Å²) in [5.41, 5.74) is -0.142. The summed E-state index contributed by atoms with van der Waals surface area (Å²) in [5.74, 6) is -1.72. The standard InChI is InChI=1S/C23H34FNO5S/c1-21(2,3)31(27)25-19(22(20(26)28-4)11-5-6-12-22)10-13-23(29-14-15-30-23)17-8-7-9-18(24)16-17/h7-9,16,19,25H,5-6,10-15H2,1-4H3/t19-,31?/m1/s1. The van der Waals surface area contributed by atoms with Crippen LogP contribution in [0.25, 0.3) is 0 Å². The van der Waals surface area contributed by atoms with Gasteiger partial charge in [-0.15, -0.1) is 4.72 Å². The Morgan fingerprint density at radius 2 is 1.94 bits per heavy atom. The van der Waals surface area contributed by atoms with E-state index >= 15 is 0 Å². The third-order valence-electron chi connectivity index (χ3n) is 6.34. The van der Waals surface area contributed by atoms with Crippen LogP contribution in [0.15, 0.2) is 24.3 Å². The lowest BCUT2D eigenvalue weighted by atomic mass is 9.76. The zero-order chi connectivity index (χ0) is 22.7. The van der Waals surface area contributed by atoms with Crippen molar-refractivity contribution in [1.29, 1.82) is 0 Å². The van der Waals surface area contributed by atoms with E-state index in [0.717, 1.165) is 12.8 Å². The summed E-state index contributed by atoms with van der Waals surface area (Å²) < 4.78 is 46.8. The third kappa shape index (κ3) is 5.25. The quantitative estimate of drug-likeness (QED) is 0.472. The van der Waals surface area contributed by atoms with Gasteiger partial charge in [-0.3, -0.25) is 4.79 Å². The molecule has 31 heavy (non-hydrogen) atoms. The van der Waals surface area contributed by atoms with Crippen molar-refractivity contribution in [2.45, 2.75) is 75.9 Å². The van der Waals surface area contributed by atoms with E-state index in [-0.39, 0.29) is 17.8 Å². The van der Waals surface area contributed by atoms with Gasteiger partial charge in [0.25, 0.3) is 0 Å². The Balaban J connectivity index is 1.89. The highest BCUT2D eigenvalue weighted by atomic mass is 32.2. The van der Waals surface area contributed by atoms with Gasteiger partial charge in [0, 0.05) is 23.3 Å². The molecule has 1 heterocycles. The van der Waals surface area contributed by atoms with Crippen molar-refractivity contribution < 1.29 is 27.9 Å². The van der Waals surface area contributed by atoms with E-state index in [1.807, 2.05) is 20.8 Å². The van der Waals surface area contributed by atoms with Gasteiger partial charge in [-0.1, -0.05) is 25.0 Å². The van der Waals surface area contributed by atoms with Gasteiger partial charge in [-0.2, -0.15) is 0 Å². The van der Waals surface area contributed by atoms with Crippen LogP contribution in [0.4, 0.5) is 4.39 Å². The number of hydrogen-bond acceptors (Lipinski definition) is 6. The lowest BCUT2D eigenvalue weighted by molar-refractivity contribution is -0.175. The molecule has 3 rings (SSSR count). The normalized spacial score (nSPS) is 22.3. The Hall–Kier alpha value is -1.19. The number of halogens is 1. The predicted molar refractivity (Wildman–Crippen MR) is 117 cm³/mol. The van der Waals surface area contributed by atoms with Gasteiger partial charge < -0.3 is 18.8 Å². The minimum atomic E-state index is -1.37. The highest BCUT2D eigenvalue weighted by Crippen LogP contribution is 2.46. The lowest BCUT2D eigenvalue weighted by Crippen LogP contribution is -2.55. The van der Waals surface area contributed by atoms with E-state index in [9.17, 15) is 13.7 Å². The highest BCUT2D eigenvalue weighted by molar-refractivity contribution is 7.90. The van der Waals surface area contributed by atoms with E-state index in [1.54, 1.807) is 12.1 Å². The summed E-state index contributed by atoms with van der Waals surface area (Å²) in [6.07, 6.45) is 4.04. The van der Waals surface area contributed by atoms with Crippen LogP contribution < -0.4 is 4.72 Å². The number of carbonyl (C=O) groups excluding carboxylic acids is 1. The molecular formula is C23H34FNO5S. The van der Waals surface area contributed by atoms with Crippen molar-refractivity contribution in [3.05, 3.63) is 35.6 Å². The molecule has 2 atom stereocenters. The number of carbonyl (C=O) groups is 1. The van der Waals surface area contributed by atoms with Gasteiger partial charge in [-0.25, -0.2) is 4.39 Å². The van der Waals surface area contributed by atoms with Gasteiger partial charge in [0.15, 0.2) is 5.79 Å². The average Bonchev–Trinajstić information content (AvgIpc) is 3.41. The molecule has 0 spiro atoms. The van der Waals surface area contributed by atoms with Gasteiger partial charge >= 0.3 is 5.97 Å². The number of ether oxygens (including phenoxy) is 3. The second-order valence-electron chi connectivity index (χ2n) is 9.41. The summed E-state index contributed by atoms with van der Waals surface area (Å²) in [5, 5.41) is 0. The van der Waals surface area contributed by atoms with Gasteiger partial charge in [0.05, 0.1) is 31.8 Å². The molecule has 1 saturated carbocycles. The van der Waals surface area contributed by atoms with Gasteiger partial charge in [0.2, 0.25) is 0 Å². The Morgan fingerprint density at radius 1 is 1.29 bits per heavy atom. The number of benzene rings is 1. The average molecular weight is 456 g/mol. The van der Waals surface area contributed by atoms with Crippen LogP contribution in [0.5, 0.6) is 0 Å². The molecule has 2 fully saturated rings. The maximum Gasteiger partial charge on any atom is 0.313 e. The number of rotatable bonds is 8. The molecular weight excluding hydrogens is 421 g/mol. The Bertz CT molecular complexity index is 757. The monoisotopic (exact) mass is 455 g/mol. The maximum atomic E-state index is 13.9. The fourth-order valence-corrected chi connectivity index (χ4v) is 5.58. The fourth-order valence-electron chi connectivity index (χ4n) is 4.63. The summed E-state index contributed by atoms with van der Waals surface area (Å²) in [6.45, 7) is 6.49. The molecule has 1 aliphatic carbocycles. The van der Waals surface area contributed by atoms with Crippen molar-refractivity contribution >= 4 is 17.3 Å². The molecule has 1 saturated heterocycles. The minimum Gasteiger partial charge on any atom is -0.598 e. The van der Waals surface area contributed by atoms with Gasteiger partial charge in [0.1, 0.15) is 10.6 Å². The topological polar surface area (TPSA) is 79.9 Å². The SMILES string of the molecule is COC(=O)C1([C@@H](CCC2(c3cccc(F)c3)OCCO2)N[S+]([O-])C(C)(C)C)CCCC1. The molecule has 174 valence electrons. The number of methoxy groups -OCH3 is 1. The number of nitrogens with one attached hydrogen (secondary N) is 1. The van der Waals surface area contributed by atoms with E-state index in [0.29, 0.717) is 44.5 Å². The van der Waals surface area contributed by atoms with Crippen LogP contribution in [0.1, 0.15) is 64.9 Å². The smallest absolute Gasteiger partial charge is 0.313 e. The van der Waals surface area contributed by atoms with Gasteiger partial charge in [-0.05, 0) is 52.2 Å². The largest absolute Gasteiger partial charge is 0.598 e. The lowest BCUT2D eigenvalue weighted by Gasteiger charge is -2.39. The van der Waals surface area contributed by atoms with Crippen molar-refractivity contribution in [3.63, 3.8) is 0 Å². The molecule has 2 aliphatic rings. The summed E-state index contributed by atoms with van der Waals surface area (Å²) in [7, 11) is 1.40. The minimum absolute atomic E-state index is 0.276. The third-order valence-corrected chi connectivity index (χ3v) is 7.95. The molecule has 0 bridgehead atoms. The molecule has 6 nitrogen and oxygen atoms in total. The Kier molecular flexibility index (Phi) is 7.69. The van der Waals surface area contributed by atoms with E-state index < -0.39 is 27.3 Å². The first-order valence-electron chi connectivity index (χ1n) is 10.9. The van der Waals surface area contributed by atoms with Crippen LogP contribution in [0, 0.1) is 11.2 Å². The molecule has 0 amide bonds. The summed E-state index contributed by atoms with van der Waals surface area (Å²) in [4.78, 5) is 12.9. The fraction of sp³-hybridized carbons (Fsp3) is 0.696. The Labute approximate surface area is 187 Å². The molecule has 8 heteroatoms. The molecule has 1 N–H and O–H groups in total. The van der Waals surface area contributed by atoms with E-state index in [2.05, 4.69) is 4.72 Å². The second-order valence-corrected chi connectivity index (χ2v) is 11.4. The van der Waals surface area contributed by atoms with Crippen LogP contribution in [0.2, 0.25) is 0 Å². The molecule has 1 aromatic carbocycles. The molecule has 1 aliphatic heterocycles. The van der Waals surface area contributed by atoms with Crippen LogP contribution in [-0.2, 0) is 36.2 Å². The van der Waals surface area contributed by atoms with E-state index in [1.165, 1.54) is 19.2 Å². The first kappa shape index (κ1) is 24.5. The summed E-state index contributed by atoms with van der Waals surface area (Å²) in [6, 6.07) is 5.84. The van der Waals surface area contributed by atoms with Crippen LogP contribution in [0.3, 0.4) is 0 Å². The van der Waals surface area contributed by atoms with Crippen molar-refractivity contribution in [1.82, 2.24) is 4.72 Å². The molecule has 0 aromatic heterocycles. The Morgan fingerprint density at radius 3 is 2.48 bits per heavy atom. The first-order chi connectivity index (χ1) is 14.6. The van der Waals surface area contributed by atoms with Crippen molar-refractivity contribution in [2.75, 3.05) is 20.3 Å². The molecule has 1 aromatic rings. The zero-order valence-corrected chi connectivity index (χ0v) is 19.7. The number of esters is 1. The van der Waals surface area contributed by atoms with E-state index in [4.69, 9.17) is 14.2 Å². The molecule has 1 unspecified atom stereocenters. The van der Waals surface area contributed by atoms with Crippen molar-refractivity contribution in [3.8, 4) is 0 Å². The predicted octanol–water partition coefficient (Wildman–Crippen LogP) is 3.96. The zero-order valence-electron chi connectivity index (χ0n) is 18.9.